The van der Waals surface area contributed by atoms with Gasteiger partial charge in [0.15, 0.2) is 12.5 Å². The Morgan fingerprint density at radius 3 is 2.23 bits per heavy atom. The monoisotopic (exact) mass is 469 g/mol. The number of benzene rings is 4. The zero-order valence-corrected chi connectivity index (χ0v) is 19.6. The highest BCUT2D eigenvalue weighted by Crippen LogP contribution is 2.42. The van der Waals surface area contributed by atoms with E-state index in [2.05, 4.69) is 0 Å². The molecule has 1 aliphatic heterocycles. The summed E-state index contributed by atoms with van der Waals surface area (Å²) in [5.74, 6) is -0.0516. The molecular formula is C29H27NO5. The highest BCUT2D eigenvalue weighted by molar-refractivity contribution is 5.87. The standard InChI is InChI=1S/C29H27NO5/c1-34-23-13-12-19-16-21(11-10-20(19)17-23)26(29(33)35-2)15-18-6-5-7-22(14-18)30-27(31)24-8-3-4-9-25(24)28(30)32/h3-14,16-17,26-28,31-32H,15H2,1-2H3. The number of aliphatic hydroxyl groups excluding tert-OH is 2. The normalized spacial score (nSPS) is 17.8. The Morgan fingerprint density at radius 2 is 1.54 bits per heavy atom. The Balaban J connectivity index is 1.45. The molecule has 5 rings (SSSR count). The molecule has 0 aliphatic carbocycles. The fraction of sp³-hybridized carbons (Fsp3) is 0.207. The van der Waals surface area contributed by atoms with Crippen LogP contribution < -0.4 is 9.64 Å². The van der Waals surface area contributed by atoms with E-state index in [4.69, 9.17) is 9.47 Å². The van der Waals surface area contributed by atoms with E-state index < -0.39 is 18.4 Å². The molecule has 1 heterocycles. The molecule has 0 radical (unpaired) electrons. The average Bonchev–Trinajstić information content (AvgIpc) is 3.16. The lowest BCUT2D eigenvalue weighted by molar-refractivity contribution is -0.142. The predicted octanol–water partition coefficient (Wildman–Crippen LogP) is 4.85. The van der Waals surface area contributed by atoms with Gasteiger partial charge in [-0.15, -0.1) is 0 Å². The van der Waals surface area contributed by atoms with Gasteiger partial charge < -0.3 is 24.6 Å². The topological polar surface area (TPSA) is 79.2 Å². The van der Waals surface area contributed by atoms with Crippen molar-refractivity contribution >= 4 is 22.4 Å². The molecule has 6 heteroatoms. The van der Waals surface area contributed by atoms with Crippen LogP contribution in [-0.4, -0.2) is 30.4 Å². The first-order valence-electron chi connectivity index (χ1n) is 11.5. The molecule has 35 heavy (non-hydrogen) atoms. The fourth-order valence-electron chi connectivity index (χ4n) is 4.84. The third-order valence-electron chi connectivity index (χ3n) is 6.69. The summed E-state index contributed by atoms with van der Waals surface area (Å²) >= 11 is 0. The lowest BCUT2D eigenvalue weighted by atomic mass is 9.90. The second-order valence-corrected chi connectivity index (χ2v) is 8.71. The van der Waals surface area contributed by atoms with Crippen LogP contribution in [0.25, 0.3) is 10.8 Å². The molecule has 0 aromatic heterocycles. The van der Waals surface area contributed by atoms with Crippen LogP contribution in [0.15, 0.2) is 84.9 Å². The summed E-state index contributed by atoms with van der Waals surface area (Å²) in [6.07, 6.45) is -1.49. The van der Waals surface area contributed by atoms with Crippen LogP contribution in [0.4, 0.5) is 5.69 Å². The Kier molecular flexibility index (Phi) is 6.16. The number of aliphatic hydroxyl groups is 2. The van der Waals surface area contributed by atoms with Crippen LogP contribution in [-0.2, 0) is 16.0 Å². The fourth-order valence-corrected chi connectivity index (χ4v) is 4.84. The van der Waals surface area contributed by atoms with E-state index >= 15 is 0 Å². The van der Waals surface area contributed by atoms with Crippen LogP contribution in [0.3, 0.4) is 0 Å². The lowest BCUT2D eigenvalue weighted by Gasteiger charge is -2.27. The van der Waals surface area contributed by atoms with Gasteiger partial charge in [0.05, 0.1) is 20.1 Å². The number of methoxy groups -OCH3 is 2. The van der Waals surface area contributed by atoms with Gasteiger partial charge in [-0.3, -0.25) is 4.79 Å². The van der Waals surface area contributed by atoms with Gasteiger partial charge in [-0.2, -0.15) is 0 Å². The number of carbonyl (C=O) groups is 1. The zero-order valence-electron chi connectivity index (χ0n) is 19.6. The molecule has 3 unspecified atom stereocenters. The molecule has 0 fully saturated rings. The highest BCUT2D eigenvalue weighted by atomic mass is 16.5. The molecule has 0 bridgehead atoms. The van der Waals surface area contributed by atoms with Gasteiger partial charge >= 0.3 is 5.97 Å². The molecule has 0 saturated heterocycles. The minimum atomic E-state index is -0.953. The first-order chi connectivity index (χ1) is 17.0. The predicted molar refractivity (Wildman–Crippen MR) is 134 cm³/mol. The van der Waals surface area contributed by atoms with Gasteiger partial charge in [-0.1, -0.05) is 60.7 Å². The number of rotatable bonds is 6. The maximum Gasteiger partial charge on any atom is 0.313 e. The SMILES string of the molecule is COC(=O)C(Cc1cccc(N2C(O)c3ccccc3C2O)c1)c1ccc2cc(OC)ccc2c1. The van der Waals surface area contributed by atoms with E-state index in [1.54, 1.807) is 12.0 Å². The van der Waals surface area contributed by atoms with Crippen molar-refractivity contribution in [1.29, 1.82) is 0 Å². The van der Waals surface area contributed by atoms with Gasteiger partial charge in [0.25, 0.3) is 0 Å². The summed E-state index contributed by atoms with van der Waals surface area (Å²) < 4.78 is 10.5. The van der Waals surface area contributed by atoms with Gasteiger partial charge in [0.1, 0.15) is 5.75 Å². The second kappa shape index (κ2) is 9.41. The van der Waals surface area contributed by atoms with Crippen LogP contribution in [0, 0.1) is 0 Å². The van der Waals surface area contributed by atoms with E-state index in [1.165, 1.54) is 7.11 Å². The average molecular weight is 470 g/mol. The summed E-state index contributed by atoms with van der Waals surface area (Å²) in [6.45, 7) is 0. The van der Waals surface area contributed by atoms with Crippen molar-refractivity contribution in [2.75, 3.05) is 19.1 Å². The molecule has 178 valence electrons. The molecule has 4 aromatic rings. The van der Waals surface area contributed by atoms with Crippen LogP contribution in [0.1, 0.15) is 40.6 Å². The first kappa shape index (κ1) is 22.9. The number of hydrogen-bond donors (Lipinski definition) is 2. The van der Waals surface area contributed by atoms with Gasteiger partial charge in [-0.05, 0) is 52.6 Å². The smallest absolute Gasteiger partial charge is 0.313 e. The van der Waals surface area contributed by atoms with Crippen molar-refractivity contribution in [2.24, 2.45) is 0 Å². The Bertz CT molecular complexity index is 1360. The number of ether oxygens (including phenoxy) is 2. The highest BCUT2D eigenvalue weighted by Gasteiger charge is 2.36. The molecule has 3 atom stereocenters. The van der Waals surface area contributed by atoms with E-state index in [-0.39, 0.29) is 5.97 Å². The van der Waals surface area contributed by atoms with Crippen molar-refractivity contribution in [3.05, 3.63) is 107 Å². The van der Waals surface area contributed by atoms with E-state index in [0.717, 1.165) is 27.6 Å². The Morgan fingerprint density at radius 1 is 0.857 bits per heavy atom. The summed E-state index contributed by atoms with van der Waals surface area (Å²) in [4.78, 5) is 14.4. The quantitative estimate of drug-likeness (QED) is 0.393. The molecule has 2 N–H and O–H groups in total. The lowest BCUT2D eigenvalue weighted by Crippen LogP contribution is -2.25. The van der Waals surface area contributed by atoms with E-state index in [1.807, 2.05) is 84.9 Å². The Hall–Kier alpha value is -3.87. The Labute approximate surface area is 204 Å². The van der Waals surface area contributed by atoms with Crippen molar-refractivity contribution in [3.8, 4) is 5.75 Å². The second-order valence-electron chi connectivity index (χ2n) is 8.71. The minimum Gasteiger partial charge on any atom is -0.497 e. The van der Waals surface area contributed by atoms with Crippen molar-refractivity contribution in [3.63, 3.8) is 0 Å². The third kappa shape index (κ3) is 4.22. The molecule has 0 spiro atoms. The molecule has 6 nitrogen and oxygen atoms in total. The van der Waals surface area contributed by atoms with Crippen LogP contribution >= 0.6 is 0 Å². The van der Waals surface area contributed by atoms with Crippen molar-refractivity contribution in [1.82, 2.24) is 0 Å². The van der Waals surface area contributed by atoms with E-state index in [9.17, 15) is 15.0 Å². The molecule has 0 amide bonds. The van der Waals surface area contributed by atoms with Crippen LogP contribution in [0.5, 0.6) is 5.75 Å². The minimum absolute atomic E-state index is 0.322. The van der Waals surface area contributed by atoms with Gasteiger partial charge in [0, 0.05) is 16.8 Å². The largest absolute Gasteiger partial charge is 0.497 e. The summed E-state index contributed by atoms with van der Waals surface area (Å²) in [5.41, 5.74) is 3.79. The summed E-state index contributed by atoms with van der Waals surface area (Å²) in [7, 11) is 3.03. The van der Waals surface area contributed by atoms with Gasteiger partial charge in [-0.25, -0.2) is 0 Å². The maximum absolute atomic E-state index is 12.8. The number of nitrogens with zero attached hydrogens (tertiary/aromatic N) is 1. The number of anilines is 1. The van der Waals surface area contributed by atoms with Gasteiger partial charge in [0.2, 0.25) is 0 Å². The number of esters is 1. The number of fused-ring (bicyclic) bond motifs is 2. The van der Waals surface area contributed by atoms with Crippen molar-refractivity contribution < 1.29 is 24.5 Å². The molecular weight excluding hydrogens is 442 g/mol. The molecule has 0 saturated carbocycles. The summed E-state index contributed by atoms with van der Waals surface area (Å²) in [6, 6.07) is 26.6. The molecule has 4 aromatic carbocycles. The third-order valence-corrected chi connectivity index (χ3v) is 6.69. The first-order valence-corrected chi connectivity index (χ1v) is 11.5. The van der Waals surface area contributed by atoms with Crippen LogP contribution in [0.2, 0.25) is 0 Å². The zero-order chi connectivity index (χ0) is 24.5. The van der Waals surface area contributed by atoms with Crippen molar-refractivity contribution in [2.45, 2.75) is 24.8 Å². The molecule has 1 aliphatic rings. The number of carbonyl (C=O) groups excluding carboxylic acids is 1. The van der Waals surface area contributed by atoms with E-state index in [0.29, 0.717) is 23.2 Å². The number of hydrogen-bond acceptors (Lipinski definition) is 6. The maximum atomic E-state index is 12.8. The summed E-state index contributed by atoms with van der Waals surface area (Å²) in [5, 5.41) is 23.8.